The van der Waals surface area contributed by atoms with Gasteiger partial charge in [0.25, 0.3) is 0 Å². The van der Waals surface area contributed by atoms with E-state index in [1.54, 1.807) is 0 Å². The van der Waals surface area contributed by atoms with Gasteiger partial charge in [-0.3, -0.25) is 0 Å². The highest BCUT2D eigenvalue weighted by Gasteiger charge is 2.29. The zero-order chi connectivity index (χ0) is 14.1. The van der Waals surface area contributed by atoms with Crippen LogP contribution >= 0.6 is 0 Å². The first kappa shape index (κ1) is 15.3. The van der Waals surface area contributed by atoms with Gasteiger partial charge in [-0.15, -0.1) is 0 Å². The van der Waals surface area contributed by atoms with Crippen molar-refractivity contribution < 1.29 is 9.47 Å². The van der Waals surface area contributed by atoms with Crippen molar-refractivity contribution in [2.45, 2.75) is 50.5 Å². The van der Waals surface area contributed by atoms with E-state index in [9.17, 15) is 0 Å². The molecule has 0 spiro atoms. The molecular weight excluding hydrogens is 250 g/mol. The average Bonchev–Trinajstić information content (AvgIpc) is 2.74. The minimum atomic E-state index is -0.0662. The molecule has 0 saturated heterocycles. The third-order valence-corrected chi connectivity index (χ3v) is 4.10. The molecule has 0 aliphatic heterocycles. The molecule has 1 aliphatic carbocycles. The minimum absolute atomic E-state index is 0.0662. The summed E-state index contributed by atoms with van der Waals surface area (Å²) in [5, 5.41) is 0. The number of benzene rings is 1. The fourth-order valence-electron chi connectivity index (χ4n) is 2.83. The summed E-state index contributed by atoms with van der Waals surface area (Å²) in [7, 11) is 0. The molecule has 0 amide bonds. The van der Waals surface area contributed by atoms with Crippen molar-refractivity contribution in [2.24, 2.45) is 5.73 Å². The lowest BCUT2D eigenvalue weighted by Gasteiger charge is -2.31. The Balaban J connectivity index is 1.66. The molecule has 1 aromatic rings. The molecule has 1 saturated carbocycles. The molecule has 1 aliphatic rings. The van der Waals surface area contributed by atoms with Gasteiger partial charge in [-0.05, 0) is 25.0 Å². The highest BCUT2D eigenvalue weighted by Crippen LogP contribution is 2.29. The molecule has 2 N–H and O–H groups in total. The maximum absolute atomic E-state index is 6.13. The van der Waals surface area contributed by atoms with E-state index in [0.29, 0.717) is 13.2 Å². The van der Waals surface area contributed by atoms with E-state index in [2.05, 4.69) is 0 Å². The van der Waals surface area contributed by atoms with Gasteiger partial charge in [0.2, 0.25) is 0 Å². The number of ether oxygens (including phenoxy) is 2. The maximum atomic E-state index is 6.13. The average molecular weight is 277 g/mol. The van der Waals surface area contributed by atoms with Gasteiger partial charge in [0.15, 0.2) is 0 Å². The van der Waals surface area contributed by atoms with Crippen LogP contribution in [0.3, 0.4) is 0 Å². The molecule has 0 radical (unpaired) electrons. The predicted octanol–water partition coefficient (Wildman–Crippen LogP) is 3.52. The third kappa shape index (κ3) is 4.80. The van der Waals surface area contributed by atoms with Crippen LogP contribution in [0.25, 0.3) is 0 Å². The van der Waals surface area contributed by atoms with Crippen molar-refractivity contribution >= 4 is 0 Å². The van der Waals surface area contributed by atoms with Crippen molar-refractivity contribution in [1.29, 1.82) is 0 Å². The zero-order valence-electron chi connectivity index (χ0n) is 12.4. The Kier molecular flexibility index (Phi) is 6.34. The quantitative estimate of drug-likeness (QED) is 0.612. The molecule has 0 atom stereocenters. The smallest absolute Gasteiger partial charge is 0.119 e. The zero-order valence-corrected chi connectivity index (χ0v) is 12.4. The minimum Gasteiger partial charge on any atom is -0.494 e. The molecule has 2 rings (SSSR count). The number of nitrogens with two attached hydrogens (primary N) is 1. The molecule has 0 heterocycles. The maximum Gasteiger partial charge on any atom is 0.119 e. The van der Waals surface area contributed by atoms with Crippen LogP contribution in [0.4, 0.5) is 0 Å². The Bertz CT molecular complexity index is 359. The monoisotopic (exact) mass is 277 g/mol. The Labute approximate surface area is 122 Å². The summed E-state index contributed by atoms with van der Waals surface area (Å²) in [6.45, 7) is 2.08. The largest absolute Gasteiger partial charge is 0.494 e. The molecule has 0 unspecified atom stereocenters. The van der Waals surface area contributed by atoms with Gasteiger partial charge in [0.1, 0.15) is 5.75 Å². The van der Waals surface area contributed by atoms with Crippen LogP contribution in [0.15, 0.2) is 30.3 Å². The third-order valence-electron chi connectivity index (χ3n) is 4.10. The fraction of sp³-hybridized carbons (Fsp3) is 0.647. The van der Waals surface area contributed by atoms with Crippen molar-refractivity contribution in [2.75, 3.05) is 19.8 Å². The van der Waals surface area contributed by atoms with Crippen LogP contribution in [0.1, 0.15) is 44.9 Å². The Morgan fingerprint density at radius 2 is 1.65 bits per heavy atom. The molecule has 3 heteroatoms. The van der Waals surface area contributed by atoms with Gasteiger partial charge in [-0.25, -0.2) is 0 Å². The summed E-state index contributed by atoms with van der Waals surface area (Å²) in [6, 6.07) is 9.93. The second-order valence-corrected chi connectivity index (χ2v) is 5.66. The van der Waals surface area contributed by atoms with Crippen LogP contribution in [-0.4, -0.2) is 25.4 Å². The van der Waals surface area contributed by atoms with Crippen LogP contribution in [0.5, 0.6) is 5.75 Å². The highest BCUT2D eigenvalue weighted by atomic mass is 16.5. The van der Waals surface area contributed by atoms with Gasteiger partial charge in [0.05, 0.1) is 18.8 Å². The lowest BCUT2D eigenvalue weighted by molar-refractivity contribution is -0.0526. The summed E-state index contributed by atoms with van der Waals surface area (Å²) in [6.07, 6.45) is 8.28. The second kappa shape index (κ2) is 8.28. The van der Waals surface area contributed by atoms with Gasteiger partial charge < -0.3 is 15.2 Å². The molecule has 0 aromatic heterocycles. The van der Waals surface area contributed by atoms with Gasteiger partial charge >= 0.3 is 0 Å². The van der Waals surface area contributed by atoms with Crippen molar-refractivity contribution in [3.8, 4) is 5.75 Å². The Hall–Kier alpha value is -1.06. The van der Waals surface area contributed by atoms with Crippen molar-refractivity contribution in [3.63, 3.8) is 0 Å². The van der Waals surface area contributed by atoms with Crippen molar-refractivity contribution in [1.82, 2.24) is 0 Å². The lowest BCUT2D eigenvalue weighted by atomic mass is 9.94. The van der Waals surface area contributed by atoms with Crippen molar-refractivity contribution in [3.05, 3.63) is 30.3 Å². The van der Waals surface area contributed by atoms with Gasteiger partial charge in [-0.1, -0.05) is 43.9 Å². The molecule has 20 heavy (non-hydrogen) atoms. The number of hydrogen-bond acceptors (Lipinski definition) is 3. The van der Waals surface area contributed by atoms with Crippen LogP contribution in [-0.2, 0) is 4.74 Å². The fourth-order valence-corrected chi connectivity index (χ4v) is 2.83. The van der Waals surface area contributed by atoms with E-state index in [4.69, 9.17) is 15.2 Å². The SMILES string of the molecule is NCC1(OCCCOc2ccccc2)CCCCCC1. The molecule has 112 valence electrons. The van der Waals surface area contributed by atoms with E-state index in [-0.39, 0.29) is 5.60 Å². The molecule has 3 nitrogen and oxygen atoms in total. The highest BCUT2D eigenvalue weighted by molar-refractivity contribution is 5.20. The first-order chi connectivity index (χ1) is 9.85. The summed E-state index contributed by atoms with van der Waals surface area (Å²) in [4.78, 5) is 0. The van der Waals surface area contributed by atoms with Crippen LogP contribution < -0.4 is 10.5 Å². The van der Waals surface area contributed by atoms with Gasteiger partial charge in [0, 0.05) is 13.0 Å². The van der Waals surface area contributed by atoms with Gasteiger partial charge in [-0.2, -0.15) is 0 Å². The predicted molar refractivity (Wildman–Crippen MR) is 82.0 cm³/mol. The van der Waals surface area contributed by atoms with Crippen LogP contribution in [0, 0.1) is 0 Å². The van der Waals surface area contributed by atoms with E-state index in [1.165, 1.54) is 25.7 Å². The number of hydrogen-bond donors (Lipinski definition) is 1. The topological polar surface area (TPSA) is 44.5 Å². The normalized spacial score (nSPS) is 18.4. The molecule has 1 aromatic carbocycles. The summed E-state index contributed by atoms with van der Waals surface area (Å²) >= 11 is 0. The standard InChI is InChI=1S/C17H27NO2/c18-15-17(11-6-1-2-7-12-17)20-14-8-13-19-16-9-4-3-5-10-16/h3-5,9-10H,1-2,6-8,11-15,18H2. The van der Waals surface area contributed by atoms with E-state index in [0.717, 1.165) is 31.6 Å². The van der Waals surface area contributed by atoms with Crippen LogP contribution in [0.2, 0.25) is 0 Å². The summed E-state index contributed by atoms with van der Waals surface area (Å²) in [5.41, 5.74) is 5.89. The van der Waals surface area contributed by atoms with E-state index >= 15 is 0 Å². The molecular formula is C17H27NO2. The lowest BCUT2D eigenvalue weighted by Crippen LogP contribution is -2.40. The molecule has 0 bridgehead atoms. The second-order valence-electron chi connectivity index (χ2n) is 5.66. The summed E-state index contributed by atoms with van der Waals surface area (Å²) < 4.78 is 11.8. The van der Waals surface area contributed by atoms with E-state index in [1.807, 2.05) is 30.3 Å². The number of para-hydroxylation sites is 1. The Morgan fingerprint density at radius 1 is 0.950 bits per heavy atom. The first-order valence-electron chi connectivity index (χ1n) is 7.87. The summed E-state index contributed by atoms with van der Waals surface area (Å²) in [5.74, 6) is 0.926. The van der Waals surface area contributed by atoms with E-state index < -0.39 is 0 Å². The Morgan fingerprint density at radius 3 is 2.30 bits per heavy atom. The molecule has 1 fully saturated rings. The number of rotatable bonds is 7. The first-order valence-corrected chi connectivity index (χ1v) is 7.87.